The third-order valence-corrected chi connectivity index (χ3v) is 3.70. The fraction of sp³-hybridized carbons (Fsp3) is 0.385. The lowest BCUT2D eigenvalue weighted by molar-refractivity contribution is -0.139. The Balaban J connectivity index is 2.15. The van der Waals surface area contributed by atoms with Crippen LogP contribution in [0.2, 0.25) is 0 Å². The first-order chi connectivity index (χ1) is 8.49. The molecule has 1 aliphatic carbocycles. The van der Waals surface area contributed by atoms with Crippen molar-refractivity contribution in [2.45, 2.75) is 25.8 Å². The van der Waals surface area contributed by atoms with Crippen molar-refractivity contribution in [3.8, 4) is 0 Å². The van der Waals surface area contributed by atoms with E-state index in [0.29, 0.717) is 10.0 Å². The minimum absolute atomic E-state index is 0.0787. The summed E-state index contributed by atoms with van der Waals surface area (Å²) in [5.74, 6) is -1.23. The molecule has 4 nitrogen and oxygen atoms in total. The Morgan fingerprint density at radius 1 is 1.44 bits per heavy atom. The Morgan fingerprint density at radius 3 is 2.67 bits per heavy atom. The Labute approximate surface area is 114 Å². The van der Waals surface area contributed by atoms with Crippen LogP contribution >= 0.6 is 15.9 Å². The van der Waals surface area contributed by atoms with Gasteiger partial charge in [-0.25, -0.2) is 4.79 Å². The van der Waals surface area contributed by atoms with Gasteiger partial charge in [0.15, 0.2) is 0 Å². The summed E-state index contributed by atoms with van der Waals surface area (Å²) in [6.45, 7) is 1.89. The summed E-state index contributed by atoms with van der Waals surface area (Å²) in [5, 5.41) is 11.7. The number of amides is 1. The molecule has 1 aromatic carbocycles. The highest BCUT2D eigenvalue weighted by Gasteiger charge is 2.37. The number of benzene rings is 1. The number of aliphatic carboxylic acids is 1. The Morgan fingerprint density at radius 2 is 2.11 bits per heavy atom. The number of aryl methyl sites for hydroxylation is 1. The zero-order chi connectivity index (χ0) is 13.3. The molecule has 2 N–H and O–H groups in total. The first-order valence-corrected chi connectivity index (χ1v) is 6.58. The predicted molar refractivity (Wildman–Crippen MR) is 70.5 cm³/mol. The first kappa shape index (κ1) is 13.1. The second-order valence-corrected chi connectivity index (χ2v) is 5.46. The van der Waals surface area contributed by atoms with Gasteiger partial charge in [0, 0.05) is 4.47 Å². The molecular weight excluding hydrogens is 298 g/mol. The quantitative estimate of drug-likeness (QED) is 0.897. The Bertz CT molecular complexity index is 497. The van der Waals surface area contributed by atoms with E-state index >= 15 is 0 Å². The number of hydrogen-bond donors (Lipinski definition) is 2. The molecule has 0 bridgehead atoms. The number of carboxylic acid groups (broad SMARTS) is 1. The highest BCUT2D eigenvalue weighted by molar-refractivity contribution is 9.10. The molecule has 0 saturated heterocycles. The van der Waals surface area contributed by atoms with Gasteiger partial charge in [-0.05, 0) is 53.7 Å². The van der Waals surface area contributed by atoms with Crippen LogP contribution in [0.15, 0.2) is 22.7 Å². The second kappa shape index (κ2) is 5.10. The Hall–Kier alpha value is -1.36. The van der Waals surface area contributed by atoms with Crippen LogP contribution in [0.4, 0.5) is 0 Å². The van der Waals surface area contributed by atoms with Gasteiger partial charge in [-0.15, -0.1) is 0 Å². The molecule has 18 heavy (non-hydrogen) atoms. The summed E-state index contributed by atoms with van der Waals surface area (Å²) in [7, 11) is 0. The van der Waals surface area contributed by atoms with Crippen LogP contribution in [0.25, 0.3) is 0 Å². The average molecular weight is 312 g/mol. The van der Waals surface area contributed by atoms with Crippen molar-refractivity contribution in [1.29, 1.82) is 0 Å². The van der Waals surface area contributed by atoms with Gasteiger partial charge < -0.3 is 10.4 Å². The summed E-state index contributed by atoms with van der Waals surface area (Å²) in [5.41, 5.74) is 1.43. The molecule has 1 unspecified atom stereocenters. The molecule has 1 saturated carbocycles. The van der Waals surface area contributed by atoms with Gasteiger partial charge in [-0.1, -0.05) is 11.6 Å². The summed E-state index contributed by atoms with van der Waals surface area (Å²) < 4.78 is 0.672. The van der Waals surface area contributed by atoms with Gasteiger partial charge in [0.1, 0.15) is 6.04 Å². The number of nitrogens with one attached hydrogen (secondary N) is 1. The van der Waals surface area contributed by atoms with Crippen LogP contribution in [-0.2, 0) is 4.79 Å². The molecule has 0 spiro atoms. The molecule has 1 fully saturated rings. The van der Waals surface area contributed by atoms with Crippen molar-refractivity contribution >= 4 is 27.8 Å². The minimum atomic E-state index is -0.963. The highest BCUT2D eigenvalue weighted by Crippen LogP contribution is 2.33. The van der Waals surface area contributed by atoms with Crippen molar-refractivity contribution < 1.29 is 14.7 Å². The molecule has 0 aliphatic heterocycles. The van der Waals surface area contributed by atoms with E-state index in [-0.39, 0.29) is 11.8 Å². The standard InChI is InChI=1S/C13H14BrNO3/c1-7-2-5-10(14)9(6-7)12(16)15-11(13(17)18)8-3-4-8/h2,5-6,8,11H,3-4H2,1H3,(H,15,16)(H,17,18). The maximum absolute atomic E-state index is 12.1. The SMILES string of the molecule is Cc1ccc(Br)c(C(=O)NC(C(=O)O)C2CC2)c1. The third-order valence-electron chi connectivity index (χ3n) is 3.01. The van der Waals surface area contributed by atoms with E-state index in [4.69, 9.17) is 5.11 Å². The Kier molecular flexibility index (Phi) is 3.71. The van der Waals surface area contributed by atoms with Crippen LogP contribution in [0.3, 0.4) is 0 Å². The lowest BCUT2D eigenvalue weighted by Crippen LogP contribution is -2.42. The fourth-order valence-electron chi connectivity index (χ4n) is 1.84. The van der Waals surface area contributed by atoms with E-state index in [0.717, 1.165) is 18.4 Å². The average Bonchev–Trinajstić information content (AvgIpc) is 3.12. The number of halogens is 1. The lowest BCUT2D eigenvalue weighted by atomic mass is 10.1. The van der Waals surface area contributed by atoms with E-state index in [2.05, 4.69) is 21.2 Å². The van der Waals surface area contributed by atoms with Gasteiger partial charge in [0.05, 0.1) is 5.56 Å². The van der Waals surface area contributed by atoms with Crippen LogP contribution in [0, 0.1) is 12.8 Å². The third kappa shape index (κ3) is 2.90. The van der Waals surface area contributed by atoms with Gasteiger partial charge in [-0.2, -0.15) is 0 Å². The van der Waals surface area contributed by atoms with E-state index in [1.165, 1.54) is 0 Å². The normalized spacial score (nSPS) is 16.1. The number of rotatable bonds is 4. The molecule has 0 radical (unpaired) electrons. The largest absolute Gasteiger partial charge is 0.480 e. The first-order valence-electron chi connectivity index (χ1n) is 5.79. The fourth-order valence-corrected chi connectivity index (χ4v) is 2.27. The van der Waals surface area contributed by atoms with Crippen LogP contribution in [0.1, 0.15) is 28.8 Å². The minimum Gasteiger partial charge on any atom is -0.480 e. The van der Waals surface area contributed by atoms with Crippen LogP contribution in [0.5, 0.6) is 0 Å². The van der Waals surface area contributed by atoms with Crippen LogP contribution < -0.4 is 5.32 Å². The smallest absolute Gasteiger partial charge is 0.326 e. The predicted octanol–water partition coefficient (Wildman–Crippen LogP) is 2.35. The molecule has 96 valence electrons. The van der Waals surface area contributed by atoms with E-state index < -0.39 is 12.0 Å². The molecule has 1 amide bonds. The molecule has 1 aliphatic rings. The van der Waals surface area contributed by atoms with Gasteiger partial charge in [0.25, 0.3) is 5.91 Å². The highest BCUT2D eigenvalue weighted by atomic mass is 79.9. The van der Waals surface area contributed by atoms with Crippen molar-refractivity contribution in [1.82, 2.24) is 5.32 Å². The van der Waals surface area contributed by atoms with Crippen molar-refractivity contribution in [2.75, 3.05) is 0 Å². The van der Waals surface area contributed by atoms with Crippen molar-refractivity contribution in [3.05, 3.63) is 33.8 Å². The lowest BCUT2D eigenvalue weighted by Gasteiger charge is -2.14. The van der Waals surface area contributed by atoms with Gasteiger partial charge in [0.2, 0.25) is 0 Å². The van der Waals surface area contributed by atoms with E-state index in [1.807, 2.05) is 13.0 Å². The molecule has 2 rings (SSSR count). The summed E-state index contributed by atoms with van der Waals surface area (Å²) in [6, 6.07) is 4.64. The molecule has 1 atom stereocenters. The molecule has 0 aromatic heterocycles. The van der Waals surface area contributed by atoms with Crippen molar-refractivity contribution in [3.63, 3.8) is 0 Å². The van der Waals surface area contributed by atoms with E-state index in [9.17, 15) is 9.59 Å². The zero-order valence-electron chi connectivity index (χ0n) is 9.94. The van der Waals surface area contributed by atoms with E-state index in [1.54, 1.807) is 12.1 Å². The number of carboxylic acids is 1. The maximum atomic E-state index is 12.1. The second-order valence-electron chi connectivity index (χ2n) is 4.61. The number of carbonyl (C=O) groups excluding carboxylic acids is 1. The monoisotopic (exact) mass is 311 g/mol. The van der Waals surface area contributed by atoms with Gasteiger partial charge >= 0.3 is 5.97 Å². The topological polar surface area (TPSA) is 66.4 Å². The summed E-state index contributed by atoms with van der Waals surface area (Å²) in [4.78, 5) is 23.1. The van der Waals surface area contributed by atoms with Gasteiger partial charge in [-0.3, -0.25) is 4.79 Å². The summed E-state index contributed by atoms with van der Waals surface area (Å²) in [6.07, 6.45) is 1.73. The molecule has 0 heterocycles. The molecule has 1 aromatic rings. The van der Waals surface area contributed by atoms with Crippen LogP contribution in [-0.4, -0.2) is 23.0 Å². The number of carbonyl (C=O) groups is 2. The van der Waals surface area contributed by atoms with Crippen molar-refractivity contribution in [2.24, 2.45) is 5.92 Å². The zero-order valence-corrected chi connectivity index (χ0v) is 11.5. The molecular formula is C13H14BrNO3. The molecule has 5 heteroatoms. The maximum Gasteiger partial charge on any atom is 0.326 e. The summed E-state index contributed by atoms with van der Waals surface area (Å²) >= 11 is 3.30. The number of hydrogen-bond acceptors (Lipinski definition) is 2.